The number of esters is 1. The fourth-order valence-corrected chi connectivity index (χ4v) is 3.21. The third-order valence-corrected chi connectivity index (χ3v) is 4.44. The van der Waals surface area contributed by atoms with Crippen molar-refractivity contribution in [1.29, 1.82) is 5.26 Å². The van der Waals surface area contributed by atoms with Gasteiger partial charge in [-0.1, -0.05) is 23.7 Å². The number of hydrogen-bond donors (Lipinski definition) is 1. The average Bonchev–Trinajstić information content (AvgIpc) is 2.53. The highest BCUT2D eigenvalue weighted by molar-refractivity contribution is 8.02. The summed E-state index contributed by atoms with van der Waals surface area (Å²) in [7, 11) is 1.33. The largest absolute Gasteiger partial charge is 0.466 e. The number of thioether (sulfide) groups is 1. The van der Waals surface area contributed by atoms with Crippen LogP contribution in [0.15, 0.2) is 46.1 Å². The lowest BCUT2D eigenvalue weighted by Crippen LogP contribution is -2.28. The number of ether oxygens (including phenoxy) is 1. The van der Waals surface area contributed by atoms with Crippen LogP contribution < -0.4 is 5.32 Å². The Bertz CT molecular complexity index is 702. The van der Waals surface area contributed by atoms with E-state index in [1.165, 1.54) is 18.9 Å². The van der Waals surface area contributed by atoms with E-state index in [0.717, 1.165) is 10.6 Å². The average molecular weight is 335 g/mol. The molecule has 0 saturated heterocycles. The van der Waals surface area contributed by atoms with Crippen molar-refractivity contribution < 1.29 is 9.53 Å². The van der Waals surface area contributed by atoms with E-state index in [1.807, 2.05) is 18.4 Å². The summed E-state index contributed by atoms with van der Waals surface area (Å²) in [6, 6.07) is 9.36. The number of nitrogens with one attached hydrogen (secondary N) is 1. The van der Waals surface area contributed by atoms with Crippen molar-refractivity contribution in [2.75, 3.05) is 13.4 Å². The number of dihydropyridines is 1. The molecule has 6 heteroatoms. The molecule has 0 radical (unpaired) electrons. The molecule has 0 spiro atoms. The molecule has 1 unspecified atom stereocenters. The first-order valence-electron chi connectivity index (χ1n) is 6.53. The molecule has 0 amide bonds. The van der Waals surface area contributed by atoms with Gasteiger partial charge in [0.05, 0.1) is 35.3 Å². The predicted molar refractivity (Wildman–Crippen MR) is 88.2 cm³/mol. The molecule has 4 nitrogen and oxygen atoms in total. The molecule has 0 fully saturated rings. The molecule has 1 aromatic rings. The fraction of sp³-hybridized carbons (Fsp3) is 0.250. The monoisotopic (exact) mass is 334 g/mol. The van der Waals surface area contributed by atoms with Crippen LogP contribution in [0.25, 0.3) is 0 Å². The number of hydrogen-bond acceptors (Lipinski definition) is 5. The molecule has 1 atom stereocenters. The van der Waals surface area contributed by atoms with E-state index in [0.29, 0.717) is 21.9 Å². The van der Waals surface area contributed by atoms with Gasteiger partial charge in [0, 0.05) is 10.7 Å². The summed E-state index contributed by atoms with van der Waals surface area (Å²) >= 11 is 7.37. The Morgan fingerprint density at radius 2 is 2.05 bits per heavy atom. The summed E-state index contributed by atoms with van der Waals surface area (Å²) in [5, 5.41) is 14.0. The first-order chi connectivity index (χ1) is 10.5. The van der Waals surface area contributed by atoms with Crippen LogP contribution in [-0.2, 0) is 9.53 Å². The number of benzene rings is 1. The molecule has 0 saturated carbocycles. The molecule has 1 heterocycles. The first kappa shape index (κ1) is 16.5. The fourth-order valence-electron chi connectivity index (χ4n) is 2.44. The van der Waals surface area contributed by atoms with Gasteiger partial charge >= 0.3 is 5.97 Å². The van der Waals surface area contributed by atoms with Gasteiger partial charge in [-0.05, 0) is 30.9 Å². The molecule has 1 aliphatic rings. The van der Waals surface area contributed by atoms with E-state index in [9.17, 15) is 10.1 Å². The molecule has 1 aromatic carbocycles. The Labute approximate surface area is 138 Å². The number of carbonyl (C=O) groups is 1. The Balaban J connectivity index is 2.65. The van der Waals surface area contributed by atoms with Crippen LogP contribution in [0.2, 0.25) is 5.02 Å². The highest BCUT2D eigenvalue weighted by atomic mass is 35.5. The smallest absolute Gasteiger partial charge is 0.336 e. The van der Waals surface area contributed by atoms with Gasteiger partial charge < -0.3 is 10.1 Å². The quantitative estimate of drug-likeness (QED) is 0.856. The number of allylic oxidation sites excluding steroid dienone is 2. The second-order valence-electron chi connectivity index (χ2n) is 4.70. The van der Waals surface area contributed by atoms with Crippen molar-refractivity contribution in [2.45, 2.75) is 12.8 Å². The molecule has 22 heavy (non-hydrogen) atoms. The van der Waals surface area contributed by atoms with Crippen LogP contribution >= 0.6 is 23.4 Å². The van der Waals surface area contributed by atoms with Crippen molar-refractivity contribution in [3.05, 3.63) is 56.7 Å². The molecule has 2 rings (SSSR count). The summed E-state index contributed by atoms with van der Waals surface area (Å²) in [5.74, 6) is -0.906. The van der Waals surface area contributed by atoms with Crippen molar-refractivity contribution in [1.82, 2.24) is 5.32 Å². The van der Waals surface area contributed by atoms with E-state index in [2.05, 4.69) is 11.4 Å². The zero-order valence-corrected chi connectivity index (χ0v) is 14.0. The number of methoxy groups -OCH3 is 1. The highest BCUT2D eigenvalue weighted by Gasteiger charge is 2.34. The number of nitrogens with zero attached hydrogens (tertiary/aromatic N) is 1. The van der Waals surface area contributed by atoms with Gasteiger partial charge in [-0.25, -0.2) is 4.79 Å². The summed E-state index contributed by atoms with van der Waals surface area (Å²) in [5.41, 5.74) is 2.46. The van der Waals surface area contributed by atoms with Crippen LogP contribution in [0.5, 0.6) is 0 Å². The molecule has 0 aliphatic carbocycles. The Kier molecular flexibility index (Phi) is 5.17. The summed E-state index contributed by atoms with van der Waals surface area (Å²) in [4.78, 5) is 12.2. The normalized spacial score (nSPS) is 17.9. The van der Waals surface area contributed by atoms with E-state index in [4.69, 9.17) is 16.3 Å². The van der Waals surface area contributed by atoms with Gasteiger partial charge in [-0.3, -0.25) is 0 Å². The maximum Gasteiger partial charge on any atom is 0.336 e. The Morgan fingerprint density at radius 3 is 2.55 bits per heavy atom. The summed E-state index contributed by atoms with van der Waals surface area (Å²) < 4.78 is 4.90. The van der Waals surface area contributed by atoms with Crippen LogP contribution in [0, 0.1) is 11.3 Å². The van der Waals surface area contributed by atoms with E-state index in [-0.39, 0.29) is 0 Å². The van der Waals surface area contributed by atoms with Crippen molar-refractivity contribution >= 4 is 29.3 Å². The van der Waals surface area contributed by atoms with Crippen LogP contribution in [0.3, 0.4) is 0 Å². The number of carbonyl (C=O) groups excluding carboxylic acids is 1. The lowest BCUT2D eigenvalue weighted by molar-refractivity contribution is -0.136. The van der Waals surface area contributed by atoms with Crippen molar-refractivity contribution in [3.8, 4) is 6.07 Å². The Morgan fingerprint density at radius 1 is 1.41 bits per heavy atom. The lowest BCUT2D eigenvalue weighted by Gasteiger charge is -2.28. The Hall–Kier alpha value is -1.90. The standard InChI is InChI=1S/C16H15ClN2O2S/c1-9-13(16(20)21-2)14(10-4-6-11(17)7-5-10)12(8-18)15(19-9)22-3/h4-7,14,19H,1-3H3. The molecule has 0 bridgehead atoms. The highest BCUT2D eigenvalue weighted by Crippen LogP contribution is 2.40. The van der Waals surface area contributed by atoms with Gasteiger partial charge in [0.1, 0.15) is 0 Å². The maximum atomic E-state index is 12.2. The molecular formula is C16H15ClN2O2S. The molecular weight excluding hydrogens is 320 g/mol. The van der Waals surface area contributed by atoms with Crippen LogP contribution in [0.4, 0.5) is 0 Å². The molecule has 1 aliphatic heterocycles. The van der Waals surface area contributed by atoms with Gasteiger partial charge in [-0.2, -0.15) is 5.26 Å². The zero-order chi connectivity index (χ0) is 16.3. The first-order valence-corrected chi connectivity index (χ1v) is 8.13. The van der Waals surface area contributed by atoms with Gasteiger partial charge in [0.2, 0.25) is 0 Å². The van der Waals surface area contributed by atoms with E-state index >= 15 is 0 Å². The number of rotatable bonds is 3. The van der Waals surface area contributed by atoms with Gasteiger partial charge in [0.25, 0.3) is 0 Å². The predicted octanol–water partition coefficient (Wildman–Crippen LogP) is 3.57. The van der Waals surface area contributed by atoms with Crippen molar-refractivity contribution in [3.63, 3.8) is 0 Å². The third-order valence-electron chi connectivity index (χ3n) is 3.46. The van der Waals surface area contributed by atoms with Crippen molar-refractivity contribution in [2.24, 2.45) is 0 Å². The van der Waals surface area contributed by atoms with Gasteiger partial charge in [0.15, 0.2) is 0 Å². The lowest BCUT2D eigenvalue weighted by atomic mass is 9.82. The zero-order valence-electron chi connectivity index (χ0n) is 12.4. The van der Waals surface area contributed by atoms with E-state index in [1.54, 1.807) is 19.1 Å². The van der Waals surface area contributed by atoms with E-state index < -0.39 is 11.9 Å². The number of halogens is 1. The number of nitriles is 1. The minimum atomic E-state index is -0.460. The SMILES string of the molecule is COC(=O)C1=C(C)NC(SC)=C(C#N)C1c1ccc(Cl)cc1. The maximum absolute atomic E-state index is 12.2. The second kappa shape index (κ2) is 6.91. The second-order valence-corrected chi connectivity index (χ2v) is 5.95. The molecule has 0 aromatic heterocycles. The van der Waals surface area contributed by atoms with Crippen LogP contribution in [0.1, 0.15) is 18.4 Å². The minimum Gasteiger partial charge on any atom is -0.466 e. The van der Waals surface area contributed by atoms with Crippen LogP contribution in [-0.4, -0.2) is 19.3 Å². The molecule has 1 N–H and O–H groups in total. The topological polar surface area (TPSA) is 62.1 Å². The van der Waals surface area contributed by atoms with Gasteiger partial charge in [-0.15, -0.1) is 11.8 Å². The molecule has 114 valence electrons. The summed E-state index contributed by atoms with van der Waals surface area (Å²) in [6.45, 7) is 1.81. The minimum absolute atomic E-state index is 0.444. The summed E-state index contributed by atoms with van der Waals surface area (Å²) in [6.07, 6.45) is 1.88. The third kappa shape index (κ3) is 2.99.